The summed E-state index contributed by atoms with van der Waals surface area (Å²) in [7, 11) is 4.00. The number of halogens is 2. The number of amides is 1. The summed E-state index contributed by atoms with van der Waals surface area (Å²) in [5.41, 5.74) is 2.82. The Morgan fingerprint density at radius 1 is 1.04 bits per heavy atom. The standard InChI is InChI=1S/C18H20Cl2N2O/c1-22(2)12-14-6-3-4-9-16(14)21-17(23)11-10-13-7-5-8-15(19)18(13)20/h3-9H,10-12H2,1-2H3,(H,21,23). The number of para-hydroxylation sites is 1. The van der Waals surface area contributed by atoms with E-state index in [9.17, 15) is 4.79 Å². The van der Waals surface area contributed by atoms with E-state index in [0.29, 0.717) is 22.9 Å². The highest BCUT2D eigenvalue weighted by Crippen LogP contribution is 2.26. The van der Waals surface area contributed by atoms with Crippen LogP contribution in [0.1, 0.15) is 17.5 Å². The van der Waals surface area contributed by atoms with Gasteiger partial charge in [-0.1, -0.05) is 53.5 Å². The van der Waals surface area contributed by atoms with Crippen molar-refractivity contribution in [3.8, 4) is 0 Å². The van der Waals surface area contributed by atoms with Gasteiger partial charge in [-0.05, 0) is 43.8 Å². The molecule has 5 heteroatoms. The van der Waals surface area contributed by atoms with Gasteiger partial charge < -0.3 is 10.2 Å². The van der Waals surface area contributed by atoms with E-state index in [4.69, 9.17) is 23.2 Å². The Labute approximate surface area is 147 Å². The Balaban J connectivity index is 1.99. The van der Waals surface area contributed by atoms with Crippen molar-refractivity contribution in [2.75, 3.05) is 19.4 Å². The van der Waals surface area contributed by atoms with Crippen LogP contribution in [0.15, 0.2) is 42.5 Å². The van der Waals surface area contributed by atoms with E-state index in [0.717, 1.165) is 23.4 Å². The van der Waals surface area contributed by atoms with E-state index >= 15 is 0 Å². The predicted molar refractivity (Wildman–Crippen MR) is 97.2 cm³/mol. The second-order valence-corrected chi connectivity index (χ2v) is 6.44. The number of aryl methyl sites for hydroxylation is 1. The fourth-order valence-electron chi connectivity index (χ4n) is 2.32. The number of nitrogens with zero attached hydrogens (tertiary/aromatic N) is 1. The van der Waals surface area contributed by atoms with Gasteiger partial charge in [-0.25, -0.2) is 0 Å². The van der Waals surface area contributed by atoms with Crippen molar-refractivity contribution in [2.45, 2.75) is 19.4 Å². The first-order valence-corrected chi connectivity index (χ1v) is 8.18. The van der Waals surface area contributed by atoms with Crippen LogP contribution < -0.4 is 5.32 Å². The van der Waals surface area contributed by atoms with Crippen molar-refractivity contribution in [1.82, 2.24) is 4.90 Å². The van der Waals surface area contributed by atoms with E-state index in [1.807, 2.05) is 50.5 Å². The van der Waals surface area contributed by atoms with Crippen LogP contribution in [0, 0.1) is 0 Å². The van der Waals surface area contributed by atoms with Crippen LogP contribution in [0.3, 0.4) is 0 Å². The van der Waals surface area contributed by atoms with E-state index in [2.05, 4.69) is 10.2 Å². The fraction of sp³-hybridized carbons (Fsp3) is 0.278. The molecule has 1 N–H and O–H groups in total. The first-order chi connectivity index (χ1) is 11.0. The molecule has 0 aromatic heterocycles. The summed E-state index contributed by atoms with van der Waals surface area (Å²) in [5.74, 6) is -0.0350. The normalized spacial score (nSPS) is 10.8. The highest BCUT2D eigenvalue weighted by atomic mass is 35.5. The molecule has 0 unspecified atom stereocenters. The number of nitrogens with one attached hydrogen (secondary N) is 1. The third-order valence-corrected chi connectivity index (χ3v) is 4.29. The number of carbonyl (C=O) groups is 1. The molecule has 0 saturated heterocycles. The molecule has 0 heterocycles. The van der Waals surface area contributed by atoms with Gasteiger partial charge in [-0.2, -0.15) is 0 Å². The molecule has 0 aliphatic rings. The zero-order valence-corrected chi connectivity index (χ0v) is 14.8. The summed E-state index contributed by atoms with van der Waals surface area (Å²) in [6.07, 6.45) is 0.914. The van der Waals surface area contributed by atoms with Gasteiger partial charge in [0.1, 0.15) is 0 Å². The molecule has 23 heavy (non-hydrogen) atoms. The molecule has 0 atom stereocenters. The molecule has 0 bridgehead atoms. The maximum atomic E-state index is 12.2. The Morgan fingerprint density at radius 2 is 1.74 bits per heavy atom. The van der Waals surface area contributed by atoms with Crippen molar-refractivity contribution in [1.29, 1.82) is 0 Å². The number of benzene rings is 2. The summed E-state index contributed by atoms with van der Waals surface area (Å²) in [6.45, 7) is 0.774. The first-order valence-electron chi connectivity index (χ1n) is 7.42. The number of anilines is 1. The Kier molecular flexibility index (Phi) is 6.46. The maximum Gasteiger partial charge on any atom is 0.224 e. The van der Waals surface area contributed by atoms with Crippen LogP contribution in [0.25, 0.3) is 0 Å². The first kappa shape index (κ1) is 17.8. The van der Waals surface area contributed by atoms with Gasteiger partial charge in [-0.3, -0.25) is 4.79 Å². The van der Waals surface area contributed by atoms with Crippen LogP contribution in [-0.2, 0) is 17.8 Å². The monoisotopic (exact) mass is 350 g/mol. The molecule has 0 aliphatic carbocycles. The minimum absolute atomic E-state index is 0.0350. The molecular weight excluding hydrogens is 331 g/mol. The zero-order valence-electron chi connectivity index (χ0n) is 13.3. The lowest BCUT2D eigenvalue weighted by Crippen LogP contribution is -2.17. The zero-order chi connectivity index (χ0) is 16.8. The van der Waals surface area contributed by atoms with Gasteiger partial charge >= 0.3 is 0 Å². The maximum absolute atomic E-state index is 12.2. The number of hydrogen-bond acceptors (Lipinski definition) is 2. The van der Waals surface area contributed by atoms with Gasteiger partial charge in [-0.15, -0.1) is 0 Å². The molecule has 2 rings (SSSR count). The molecule has 1 amide bonds. The molecule has 0 spiro atoms. The highest BCUT2D eigenvalue weighted by Gasteiger charge is 2.10. The Hall–Kier alpha value is -1.55. The van der Waals surface area contributed by atoms with Gasteiger partial charge in [0.15, 0.2) is 0 Å². The van der Waals surface area contributed by atoms with Crippen molar-refractivity contribution in [3.63, 3.8) is 0 Å². The fourth-order valence-corrected chi connectivity index (χ4v) is 2.74. The summed E-state index contributed by atoms with van der Waals surface area (Å²) >= 11 is 12.1. The lowest BCUT2D eigenvalue weighted by molar-refractivity contribution is -0.116. The Morgan fingerprint density at radius 3 is 2.48 bits per heavy atom. The van der Waals surface area contributed by atoms with Gasteiger partial charge in [0.25, 0.3) is 0 Å². The third kappa shape index (κ3) is 5.24. The number of carbonyl (C=O) groups excluding carboxylic acids is 1. The minimum atomic E-state index is -0.0350. The lowest BCUT2D eigenvalue weighted by Gasteiger charge is -2.15. The molecule has 0 fully saturated rings. The molecule has 2 aromatic carbocycles. The van der Waals surface area contributed by atoms with Crippen LogP contribution in [0.2, 0.25) is 10.0 Å². The summed E-state index contributed by atoms with van der Waals surface area (Å²) in [4.78, 5) is 14.3. The molecule has 0 radical (unpaired) electrons. The van der Waals surface area contributed by atoms with E-state index < -0.39 is 0 Å². The molecule has 3 nitrogen and oxygen atoms in total. The second kappa shape index (κ2) is 8.34. The lowest BCUT2D eigenvalue weighted by atomic mass is 10.1. The molecule has 2 aromatic rings. The van der Waals surface area contributed by atoms with Gasteiger partial charge in [0.05, 0.1) is 10.0 Å². The minimum Gasteiger partial charge on any atom is -0.326 e. The van der Waals surface area contributed by atoms with E-state index in [1.54, 1.807) is 6.07 Å². The van der Waals surface area contributed by atoms with Crippen LogP contribution >= 0.6 is 23.2 Å². The summed E-state index contributed by atoms with van der Waals surface area (Å²) < 4.78 is 0. The van der Waals surface area contributed by atoms with Gasteiger partial charge in [0, 0.05) is 18.7 Å². The van der Waals surface area contributed by atoms with Crippen molar-refractivity contribution in [2.24, 2.45) is 0 Å². The number of hydrogen-bond donors (Lipinski definition) is 1. The predicted octanol–water partition coefficient (Wildman–Crippen LogP) is 4.63. The van der Waals surface area contributed by atoms with Gasteiger partial charge in [0.2, 0.25) is 5.91 Å². The summed E-state index contributed by atoms with van der Waals surface area (Å²) in [6, 6.07) is 13.3. The SMILES string of the molecule is CN(C)Cc1ccccc1NC(=O)CCc1cccc(Cl)c1Cl. The highest BCUT2D eigenvalue weighted by molar-refractivity contribution is 6.42. The third-order valence-electron chi connectivity index (χ3n) is 3.43. The van der Waals surface area contributed by atoms with Crippen LogP contribution in [-0.4, -0.2) is 24.9 Å². The average Bonchev–Trinajstić information content (AvgIpc) is 2.50. The van der Waals surface area contributed by atoms with E-state index in [-0.39, 0.29) is 5.91 Å². The molecule has 0 aliphatic heterocycles. The Bertz CT molecular complexity index is 686. The molecule has 122 valence electrons. The smallest absolute Gasteiger partial charge is 0.224 e. The molecular formula is C18H20Cl2N2O. The van der Waals surface area contributed by atoms with Crippen LogP contribution in [0.4, 0.5) is 5.69 Å². The van der Waals surface area contributed by atoms with Crippen molar-refractivity contribution in [3.05, 3.63) is 63.6 Å². The topological polar surface area (TPSA) is 32.3 Å². The average molecular weight is 351 g/mol. The second-order valence-electron chi connectivity index (χ2n) is 5.66. The van der Waals surface area contributed by atoms with E-state index in [1.165, 1.54) is 0 Å². The van der Waals surface area contributed by atoms with Crippen molar-refractivity contribution >= 4 is 34.8 Å². The van der Waals surface area contributed by atoms with Crippen molar-refractivity contribution < 1.29 is 4.79 Å². The largest absolute Gasteiger partial charge is 0.326 e. The molecule has 0 saturated carbocycles. The quantitative estimate of drug-likeness (QED) is 0.823. The number of rotatable bonds is 6. The van der Waals surface area contributed by atoms with Crippen LogP contribution in [0.5, 0.6) is 0 Å². The summed E-state index contributed by atoms with van der Waals surface area (Å²) in [5, 5.41) is 4.02.